The lowest BCUT2D eigenvalue weighted by molar-refractivity contribution is -0.117. The Labute approximate surface area is 203 Å². The number of hydrogen-bond acceptors (Lipinski definition) is 7. The van der Waals surface area contributed by atoms with Crippen molar-refractivity contribution >= 4 is 23.3 Å². The van der Waals surface area contributed by atoms with Crippen molar-refractivity contribution in [1.29, 1.82) is 5.26 Å². The second-order valence-corrected chi connectivity index (χ2v) is 8.16. The first kappa shape index (κ1) is 23.8. The van der Waals surface area contributed by atoms with Crippen LogP contribution in [0.25, 0.3) is 5.70 Å². The Morgan fingerprint density at radius 2 is 1.63 bits per heavy atom. The van der Waals surface area contributed by atoms with Crippen LogP contribution in [0.15, 0.2) is 47.0 Å². The summed E-state index contributed by atoms with van der Waals surface area (Å²) in [4.78, 5) is 30.5. The molecule has 0 radical (unpaired) electrons. The number of nitrogens with one attached hydrogen (secondary N) is 2. The zero-order valence-electron chi connectivity index (χ0n) is 19.8. The van der Waals surface area contributed by atoms with Gasteiger partial charge in [0.05, 0.1) is 27.0 Å². The van der Waals surface area contributed by atoms with E-state index in [1.54, 1.807) is 24.3 Å². The predicted octanol–water partition coefficient (Wildman–Crippen LogP) is 3.20. The Bertz CT molecular complexity index is 1240. The SMILES string of the molecule is COc1cc(C(=O)NC2=NC(=C(C#N)C(=O)NC3CCCC3)c3ccccc32)cc(OC)c1OC. The molecule has 4 rings (SSSR count). The van der Waals surface area contributed by atoms with E-state index in [-0.39, 0.29) is 28.7 Å². The minimum Gasteiger partial charge on any atom is -0.493 e. The molecule has 0 aromatic heterocycles. The molecule has 2 N–H and O–H groups in total. The minimum absolute atomic E-state index is 0.0614. The van der Waals surface area contributed by atoms with Crippen LogP contribution in [0, 0.1) is 11.3 Å². The lowest BCUT2D eigenvalue weighted by Crippen LogP contribution is -2.33. The van der Waals surface area contributed by atoms with Crippen LogP contribution in [0.4, 0.5) is 0 Å². The number of benzene rings is 2. The van der Waals surface area contributed by atoms with Crippen LogP contribution in [0.3, 0.4) is 0 Å². The van der Waals surface area contributed by atoms with E-state index in [1.807, 2.05) is 6.07 Å². The van der Waals surface area contributed by atoms with Crippen molar-refractivity contribution in [2.75, 3.05) is 21.3 Å². The van der Waals surface area contributed by atoms with Gasteiger partial charge in [0, 0.05) is 22.7 Å². The number of amides is 2. The summed E-state index contributed by atoms with van der Waals surface area (Å²) in [6.07, 6.45) is 3.91. The summed E-state index contributed by atoms with van der Waals surface area (Å²) < 4.78 is 16.0. The molecule has 1 aliphatic heterocycles. The highest BCUT2D eigenvalue weighted by Gasteiger charge is 2.29. The van der Waals surface area contributed by atoms with Crippen LogP contribution in [0.5, 0.6) is 17.2 Å². The fraction of sp³-hybridized carbons (Fsp3) is 0.308. The van der Waals surface area contributed by atoms with Crippen molar-refractivity contribution in [2.45, 2.75) is 31.7 Å². The Kier molecular flexibility index (Phi) is 7.01. The first-order valence-electron chi connectivity index (χ1n) is 11.3. The molecule has 0 saturated heterocycles. The average molecular weight is 475 g/mol. The zero-order chi connectivity index (χ0) is 24.9. The monoisotopic (exact) mass is 474 g/mol. The number of nitriles is 1. The van der Waals surface area contributed by atoms with E-state index in [0.717, 1.165) is 25.7 Å². The zero-order valence-corrected chi connectivity index (χ0v) is 19.8. The topological polar surface area (TPSA) is 122 Å². The molecule has 2 aliphatic rings. The smallest absolute Gasteiger partial charge is 0.264 e. The maximum Gasteiger partial charge on any atom is 0.264 e. The molecule has 0 atom stereocenters. The Balaban J connectivity index is 1.68. The summed E-state index contributed by atoms with van der Waals surface area (Å²) in [5, 5.41) is 15.5. The second-order valence-electron chi connectivity index (χ2n) is 8.16. The number of carbonyl (C=O) groups is 2. The van der Waals surface area contributed by atoms with Crippen molar-refractivity contribution < 1.29 is 23.8 Å². The number of nitrogens with zero attached hydrogens (tertiary/aromatic N) is 2. The van der Waals surface area contributed by atoms with Gasteiger partial charge in [-0.2, -0.15) is 5.26 Å². The molecule has 9 heteroatoms. The lowest BCUT2D eigenvalue weighted by atomic mass is 10.0. The van der Waals surface area contributed by atoms with Crippen molar-refractivity contribution in [3.8, 4) is 23.3 Å². The van der Waals surface area contributed by atoms with E-state index in [0.29, 0.717) is 28.4 Å². The fourth-order valence-corrected chi connectivity index (χ4v) is 4.35. The maximum atomic E-state index is 13.2. The van der Waals surface area contributed by atoms with Gasteiger partial charge >= 0.3 is 0 Å². The number of rotatable bonds is 6. The van der Waals surface area contributed by atoms with Crippen LogP contribution in [0.2, 0.25) is 0 Å². The molecule has 1 saturated carbocycles. The van der Waals surface area contributed by atoms with E-state index in [4.69, 9.17) is 14.2 Å². The summed E-state index contributed by atoms with van der Waals surface area (Å²) in [7, 11) is 4.41. The van der Waals surface area contributed by atoms with Gasteiger partial charge in [-0.15, -0.1) is 0 Å². The molecular formula is C26H26N4O5. The molecule has 1 heterocycles. The van der Waals surface area contributed by atoms with Gasteiger partial charge < -0.3 is 24.8 Å². The van der Waals surface area contributed by atoms with Gasteiger partial charge in [0.1, 0.15) is 17.5 Å². The summed E-state index contributed by atoms with van der Waals surface area (Å²) >= 11 is 0. The largest absolute Gasteiger partial charge is 0.493 e. The highest BCUT2D eigenvalue weighted by molar-refractivity contribution is 6.20. The first-order valence-corrected chi connectivity index (χ1v) is 11.3. The molecule has 9 nitrogen and oxygen atoms in total. The van der Waals surface area contributed by atoms with Crippen molar-refractivity contribution in [3.05, 3.63) is 58.7 Å². The first-order chi connectivity index (χ1) is 17.0. The summed E-state index contributed by atoms with van der Waals surface area (Å²) in [5.74, 6) is 0.365. The maximum absolute atomic E-state index is 13.2. The lowest BCUT2D eigenvalue weighted by Gasteiger charge is -2.14. The third-order valence-corrected chi connectivity index (χ3v) is 6.09. The van der Waals surface area contributed by atoms with E-state index >= 15 is 0 Å². The molecular weight excluding hydrogens is 448 g/mol. The average Bonchev–Trinajstić information content (AvgIpc) is 3.52. The third kappa shape index (κ3) is 4.68. The molecule has 180 valence electrons. The molecule has 2 aromatic carbocycles. The van der Waals surface area contributed by atoms with Crippen molar-refractivity contribution in [2.24, 2.45) is 4.99 Å². The Hall–Kier alpha value is -4.32. The molecule has 2 amide bonds. The van der Waals surface area contributed by atoms with Crippen LogP contribution in [0.1, 0.15) is 47.2 Å². The third-order valence-electron chi connectivity index (χ3n) is 6.09. The summed E-state index contributed by atoms with van der Waals surface area (Å²) in [6.45, 7) is 0. The normalized spacial score (nSPS) is 16.0. The number of fused-ring (bicyclic) bond motifs is 1. The van der Waals surface area contributed by atoms with Crippen LogP contribution in [-0.2, 0) is 4.79 Å². The molecule has 2 aromatic rings. The molecule has 1 fully saturated rings. The number of hydrogen-bond donors (Lipinski definition) is 2. The standard InChI is InChI=1S/C26H26N4O5/c1-33-20-12-15(13-21(34-2)23(20)35-3)25(31)30-24-18-11-7-6-10-17(18)22(29-24)19(14-27)26(32)28-16-8-4-5-9-16/h6-7,10-13,16H,4-5,8-9H2,1-3H3,(H,28,32)(H,29,30,31). The Morgan fingerprint density at radius 1 is 1.00 bits per heavy atom. The number of methoxy groups -OCH3 is 3. The molecule has 1 aliphatic carbocycles. The molecule has 0 bridgehead atoms. The van der Waals surface area contributed by atoms with Crippen molar-refractivity contribution in [3.63, 3.8) is 0 Å². The molecule has 0 unspecified atom stereocenters. The molecule has 35 heavy (non-hydrogen) atoms. The van der Waals surface area contributed by atoms with Gasteiger partial charge in [-0.25, -0.2) is 4.99 Å². The van der Waals surface area contributed by atoms with Gasteiger partial charge in [0.25, 0.3) is 11.8 Å². The quantitative estimate of drug-likeness (QED) is 0.490. The van der Waals surface area contributed by atoms with Gasteiger partial charge in [-0.1, -0.05) is 37.1 Å². The van der Waals surface area contributed by atoms with E-state index < -0.39 is 11.8 Å². The van der Waals surface area contributed by atoms with Crippen LogP contribution >= 0.6 is 0 Å². The van der Waals surface area contributed by atoms with E-state index in [2.05, 4.69) is 15.6 Å². The van der Waals surface area contributed by atoms with Gasteiger partial charge in [0.15, 0.2) is 11.5 Å². The molecule has 0 spiro atoms. The van der Waals surface area contributed by atoms with Crippen molar-refractivity contribution in [1.82, 2.24) is 10.6 Å². The fourth-order valence-electron chi connectivity index (χ4n) is 4.35. The van der Waals surface area contributed by atoms with Gasteiger partial charge in [-0.05, 0) is 25.0 Å². The highest BCUT2D eigenvalue weighted by Crippen LogP contribution is 2.38. The summed E-state index contributed by atoms with van der Waals surface area (Å²) in [5.41, 5.74) is 1.63. The number of amidine groups is 1. The number of aliphatic imine (C=N–C) groups is 1. The van der Waals surface area contributed by atoms with Crippen LogP contribution < -0.4 is 24.8 Å². The van der Waals surface area contributed by atoms with E-state index in [1.165, 1.54) is 33.5 Å². The number of carbonyl (C=O) groups excluding carboxylic acids is 2. The number of ether oxygens (including phenoxy) is 3. The Morgan fingerprint density at radius 3 is 2.20 bits per heavy atom. The highest BCUT2D eigenvalue weighted by atomic mass is 16.5. The van der Waals surface area contributed by atoms with Gasteiger partial charge in [-0.3, -0.25) is 9.59 Å². The van der Waals surface area contributed by atoms with Gasteiger partial charge in [0.2, 0.25) is 5.75 Å². The van der Waals surface area contributed by atoms with Crippen LogP contribution in [-0.4, -0.2) is 45.0 Å². The van der Waals surface area contributed by atoms with E-state index in [9.17, 15) is 14.9 Å². The predicted molar refractivity (Wildman–Crippen MR) is 129 cm³/mol. The minimum atomic E-state index is -0.465. The summed E-state index contributed by atoms with van der Waals surface area (Å²) in [6, 6.07) is 12.3. The second kappa shape index (κ2) is 10.3.